The first-order chi connectivity index (χ1) is 20.1. The Bertz CT molecular complexity index is 1450. The predicted molar refractivity (Wildman–Crippen MR) is 166 cm³/mol. The maximum atomic E-state index is 12.5. The van der Waals surface area contributed by atoms with E-state index in [1.54, 1.807) is 11.3 Å². The number of Topliss-reactive ketones (excluding diaryl/α,β-unsaturated/α-hetero) is 1. The lowest BCUT2D eigenvalue weighted by Gasteiger charge is -2.26. The normalized spacial score (nSPS) is 16.8. The van der Waals surface area contributed by atoms with Crippen LogP contribution in [0.5, 0.6) is 0 Å². The molecule has 2 fully saturated rings. The number of carbonyl (C=O) groups excluding carboxylic acids is 1. The molecule has 2 aliphatic rings. The molecule has 2 aliphatic heterocycles. The van der Waals surface area contributed by atoms with Crippen molar-refractivity contribution in [3.8, 4) is 22.3 Å². The molecule has 0 radical (unpaired) electrons. The van der Waals surface area contributed by atoms with Gasteiger partial charge in [-0.05, 0) is 46.4 Å². The van der Waals surface area contributed by atoms with Crippen LogP contribution in [0, 0.1) is 0 Å². The second kappa shape index (κ2) is 13.4. The van der Waals surface area contributed by atoms with Crippen LogP contribution in [-0.2, 0) is 33.8 Å². The van der Waals surface area contributed by atoms with Crippen LogP contribution < -0.4 is 0 Å². The number of carbonyl (C=O) groups is 1. The summed E-state index contributed by atoms with van der Waals surface area (Å²) in [5, 5.41) is 0.904. The summed E-state index contributed by atoms with van der Waals surface area (Å²) < 4.78 is 12.2. The van der Waals surface area contributed by atoms with Gasteiger partial charge in [0, 0.05) is 51.3 Å². The standard InChI is InChI=1S/C34H39N3O3S/c1-2-3-30(38)22-33-35-32-21-29(27-8-4-25(5-9-27)23-36-12-16-39-17-13-36)20-31(34(32)41-33)28-10-6-26(7-11-28)24-37-14-18-40-19-15-37/h4-11,20-21H,2-3,12-19,22-24H2,1H3. The number of ether oxygens (including phenoxy) is 2. The number of rotatable bonds is 10. The molecular formula is C34H39N3O3S. The highest BCUT2D eigenvalue weighted by atomic mass is 32.1. The zero-order valence-electron chi connectivity index (χ0n) is 23.9. The Hall–Kier alpha value is -2.94. The van der Waals surface area contributed by atoms with Gasteiger partial charge in [0.2, 0.25) is 0 Å². The van der Waals surface area contributed by atoms with Gasteiger partial charge in [-0.2, -0.15) is 0 Å². The third-order valence-corrected chi connectivity index (χ3v) is 9.09. The molecule has 0 aliphatic carbocycles. The quantitative estimate of drug-likeness (QED) is 0.227. The number of benzene rings is 3. The number of hydrogen-bond donors (Lipinski definition) is 0. The smallest absolute Gasteiger partial charge is 0.139 e. The van der Waals surface area contributed by atoms with Crippen molar-refractivity contribution in [1.29, 1.82) is 0 Å². The molecule has 0 atom stereocenters. The Labute approximate surface area is 246 Å². The number of fused-ring (bicyclic) bond motifs is 1. The van der Waals surface area contributed by atoms with Gasteiger partial charge in [-0.15, -0.1) is 11.3 Å². The Morgan fingerprint density at radius 1 is 0.780 bits per heavy atom. The van der Waals surface area contributed by atoms with E-state index >= 15 is 0 Å². The Morgan fingerprint density at radius 2 is 1.34 bits per heavy atom. The predicted octanol–water partition coefficient (Wildman–Crippen LogP) is 6.21. The van der Waals surface area contributed by atoms with Gasteiger partial charge in [-0.25, -0.2) is 4.98 Å². The van der Waals surface area contributed by atoms with Crippen molar-refractivity contribution in [2.24, 2.45) is 0 Å². The van der Waals surface area contributed by atoms with Crippen LogP contribution in [0.2, 0.25) is 0 Å². The van der Waals surface area contributed by atoms with Gasteiger partial charge in [-0.3, -0.25) is 14.6 Å². The van der Waals surface area contributed by atoms with Gasteiger partial charge in [0.1, 0.15) is 10.8 Å². The second-order valence-electron chi connectivity index (χ2n) is 11.1. The van der Waals surface area contributed by atoms with E-state index in [0.29, 0.717) is 12.8 Å². The number of ketones is 1. The van der Waals surface area contributed by atoms with E-state index in [1.165, 1.54) is 27.8 Å². The largest absolute Gasteiger partial charge is 0.379 e. The lowest BCUT2D eigenvalue weighted by atomic mass is 9.97. The monoisotopic (exact) mass is 569 g/mol. The molecule has 6 rings (SSSR count). The van der Waals surface area contributed by atoms with Crippen LogP contribution in [0.4, 0.5) is 0 Å². The van der Waals surface area contributed by atoms with Crippen molar-refractivity contribution in [2.45, 2.75) is 39.3 Å². The van der Waals surface area contributed by atoms with Gasteiger partial charge in [0.25, 0.3) is 0 Å². The zero-order valence-corrected chi connectivity index (χ0v) is 24.8. The van der Waals surface area contributed by atoms with E-state index in [-0.39, 0.29) is 5.78 Å². The van der Waals surface area contributed by atoms with E-state index in [2.05, 4.69) is 77.4 Å². The molecule has 0 spiro atoms. The van der Waals surface area contributed by atoms with Gasteiger partial charge >= 0.3 is 0 Å². The second-order valence-corrected chi connectivity index (χ2v) is 12.2. The molecule has 4 aromatic rings. The maximum Gasteiger partial charge on any atom is 0.139 e. The first kappa shape index (κ1) is 28.2. The molecule has 1 aromatic heterocycles. The number of thiazole rings is 1. The molecule has 41 heavy (non-hydrogen) atoms. The zero-order chi connectivity index (χ0) is 28.0. The first-order valence-electron chi connectivity index (χ1n) is 14.9. The van der Waals surface area contributed by atoms with Crippen molar-refractivity contribution >= 4 is 27.3 Å². The molecule has 6 nitrogen and oxygen atoms in total. The fourth-order valence-electron chi connectivity index (χ4n) is 5.70. The maximum absolute atomic E-state index is 12.5. The molecule has 7 heteroatoms. The van der Waals surface area contributed by atoms with Crippen molar-refractivity contribution in [2.75, 3.05) is 52.6 Å². The van der Waals surface area contributed by atoms with Gasteiger partial charge in [0.15, 0.2) is 0 Å². The fourth-order valence-corrected chi connectivity index (χ4v) is 6.81. The summed E-state index contributed by atoms with van der Waals surface area (Å²) in [6.45, 7) is 11.1. The number of morpholine rings is 2. The Balaban J connectivity index is 1.30. The molecule has 0 N–H and O–H groups in total. The molecular weight excluding hydrogens is 530 g/mol. The van der Waals surface area contributed by atoms with Crippen molar-refractivity contribution < 1.29 is 14.3 Å². The molecule has 3 heterocycles. The minimum absolute atomic E-state index is 0.261. The highest BCUT2D eigenvalue weighted by Gasteiger charge is 2.17. The Kier molecular flexibility index (Phi) is 9.19. The molecule has 0 bridgehead atoms. The fraction of sp³-hybridized carbons (Fsp3) is 0.412. The highest BCUT2D eigenvalue weighted by molar-refractivity contribution is 7.19. The van der Waals surface area contributed by atoms with E-state index in [0.717, 1.165) is 92.9 Å². The molecule has 0 amide bonds. The van der Waals surface area contributed by atoms with E-state index < -0.39 is 0 Å². The highest BCUT2D eigenvalue weighted by Crippen LogP contribution is 2.38. The number of aromatic nitrogens is 1. The molecule has 0 unspecified atom stereocenters. The minimum Gasteiger partial charge on any atom is -0.379 e. The number of nitrogens with zero attached hydrogens (tertiary/aromatic N) is 3. The van der Waals surface area contributed by atoms with E-state index in [9.17, 15) is 4.79 Å². The summed E-state index contributed by atoms with van der Waals surface area (Å²) in [6.07, 6.45) is 1.89. The van der Waals surface area contributed by atoms with Gasteiger partial charge < -0.3 is 9.47 Å². The van der Waals surface area contributed by atoms with Crippen LogP contribution in [0.25, 0.3) is 32.5 Å². The summed E-state index contributed by atoms with van der Waals surface area (Å²) in [5.74, 6) is 0.261. The van der Waals surface area contributed by atoms with E-state index in [1.807, 2.05) is 0 Å². The minimum atomic E-state index is 0.261. The Morgan fingerprint density at radius 3 is 1.90 bits per heavy atom. The van der Waals surface area contributed by atoms with Crippen molar-refractivity contribution in [1.82, 2.24) is 14.8 Å². The van der Waals surface area contributed by atoms with Crippen LogP contribution in [0.1, 0.15) is 35.9 Å². The van der Waals surface area contributed by atoms with Crippen LogP contribution in [-0.4, -0.2) is 73.2 Å². The number of hydrogen-bond acceptors (Lipinski definition) is 7. The summed E-state index contributed by atoms with van der Waals surface area (Å²) in [7, 11) is 0. The van der Waals surface area contributed by atoms with Crippen LogP contribution in [0.3, 0.4) is 0 Å². The summed E-state index contributed by atoms with van der Waals surface area (Å²) in [5.41, 5.74) is 8.30. The van der Waals surface area contributed by atoms with Gasteiger partial charge in [-0.1, -0.05) is 55.5 Å². The van der Waals surface area contributed by atoms with Crippen molar-refractivity contribution in [3.05, 3.63) is 76.8 Å². The van der Waals surface area contributed by atoms with E-state index in [4.69, 9.17) is 14.5 Å². The summed E-state index contributed by atoms with van der Waals surface area (Å²) >= 11 is 1.66. The summed E-state index contributed by atoms with van der Waals surface area (Å²) in [6, 6.07) is 22.4. The lowest BCUT2D eigenvalue weighted by molar-refractivity contribution is -0.118. The molecule has 2 saturated heterocycles. The lowest BCUT2D eigenvalue weighted by Crippen LogP contribution is -2.35. The average molecular weight is 570 g/mol. The van der Waals surface area contributed by atoms with Crippen LogP contribution >= 0.6 is 11.3 Å². The van der Waals surface area contributed by atoms with Crippen LogP contribution in [0.15, 0.2) is 60.7 Å². The molecule has 3 aromatic carbocycles. The first-order valence-corrected chi connectivity index (χ1v) is 15.7. The third kappa shape index (κ3) is 7.11. The van der Waals surface area contributed by atoms with Gasteiger partial charge in [0.05, 0.1) is 43.1 Å². The SMILES string of the molecule is CCCC(=O)Cc1nc2cc(-c3ccc(CN4CCOCC4)cc3)cc(-c3ccc(CN4CCOCC4)cc3)c2s1. The molecule has 0 saturated carbocycles. The molecule has 214 valence electrons. The van der Waals surface area contributed by atoms with Crippen molar-refractivity contribution in [3.63, 3.8) is 0 Å². The third-order valence-electron chi connectivity index (χ3n) is 7.98. The topological polar surface area (TPSA) is 54.9 Å². The average Bonchev–Trinajstić information content (AvgIpc) is 3.41. The summed E-state index contributed by atoms with van der Waals surface area (Å²) in [4.78, 5) is 22.3.